The van der Waals surface area contributed by atoms with Crippen molar-refractivity contribution >= 4 is 40.9 Å². The van der Waals surface area contributed by atoms with Crippen molar-refractivity contribution in [2.24, 2.45) is 0 Å². The molecule has 156 valence electrons. The van der Waals surface area contributed by atoms with Gasteiger partial charge in [0, 0.05) is 31.8 Å². The molecule has 0 spiro atoms. The van der Waals surface area contributed by atoms with Gasteiger partial charge in [-0.2, -0.15) is 0 Å². The number of amides is 1. The zero-order valence-corrected chi connectivity index (χ0v) is 19.2. The van der Waals surface area contributed by atoms with E-state index in [1.165, 1.54) is 0 Å². The lowest BCUT2D eigenvalue weighted by Gasteiger charge is -2.16. The van der Waals surface area contributed by atoms with Crippen LogP contribution in [0.5, 0.6) is 5.75 Å². The van der Waals surface area contributed by atoms with Gasteiger partial charge in [-0.1, -0.05) is 35.3 Å². The molecule has 1 atom stereocenters. The fraction of sp³-hybridized carbons (Fsp3) is 0.208. The summed E-state index contributed by atoms with van der Waals surface area (Å²) in [5.74, 6) is 1.35. The Balaban J connectivity index is 1.73. The molecule has 0 fully saturated rings. The Labute approximate surface area is 191 Å². The second-order valence-corrected chi connectivity index (χ2v) is 8.67. The first-order chi connectivity index (χ1) is 14.5. The van der Waals surface area contributed by atoms with Crippen LogP contribution >= 0.6 is 35.0 Å². The van der Waals surface area contributed by atoms with E-state index in [0.29, 0.717) is 28.0 Å². The molecule has 0 aliphatic heterocycles. The Hall–Kier alpha value is -2.14. The lowest BCUT2D eigenvalue weighted by Crippen LogP contribution is -2.26. The zero-order chi connectivity index (χ0) is 21.5. The number of benzene rings is 3. The summed E-state index contributed by atoms with van der Waals surface area (Å²) in [5, 5.41) is 4.43. The van der Waals surface area contributed by atoms with E-state index in [1.54, 1.807) is 17.8 Å². The summed E-state index contributed by atoms with van der Waals surface area (Å²) in [7, 11) is 0. The molecule has 0 unspecified atom stereocenters. The molecule has 0 bridgehead atoms. The lowest BCUT2D eigenvalue weighted by molar-refractivity contribution is 0.0939. The van der Waals surface area contributed by atoms with Crippen LogP contribution in [0.2, 0.25) is 10.0 Å². The third-order valence-corrected chi connectivity index (χ3v) is 6.11. The van der Waals surface area contributed by atoms with E-state index >= 15 is 0 Å². The molecule has 6 heteroatoms. The topological polar surface area (TPSA) is 38.3 Å². The van der Waals surface area contributed by atoms with Crippen molar-refractivity contribution in [3.8, 4) is 5.75 Å². The first kappa shape index (κ1) is 22.5. The Kier molecular flexibility index (Phi) is 8.08. The third kappa shape index (κ3) is 6.18. The lowest BCUT2D eigenvalue weighted by atomic mass is 10.1. The van der Waals surface area contributed by atoms with Crippen LogP contribution in [-0.4, -0.2) is 12.5 Å². The molecule has 0 heterocycles. The van der Waals surface area contributed by atoms with Crippen LogP contribution in [-0.2, 0) is 5.75 Å². The minimum atomic E-state index is -0.131. The van der Waals surface area contributed by atoms with Crippen LogP contribution < -0.4 is 10.1 Å². The molecule has 3 nitrogen and oxygen atoms in total. The summed E-state index contributed by atoms with van der Waals surface area (Å²) in [5.41, 5.74) is 2.58. The molecule has 0 saturated heterocycles. The number of carbonyl (C=O) groups excluding carboxylic acids is 1. The van der Waals surface area contributed by atoms with Gasteiger partial charge in [-0.15, -0.1) is 11.8 Å². The second-order valence-electron chi connectivity index (χ2n) is 6.74. The van der Waals surface area contributed by atoms with Crippen molar-refractivity contribution in [3.05, 3.63) is 93.5 Å². The van der Waals surface area contributed by atoms with E-state index < -0.39 is 0 Å². The van der Waals surface area contributed by atoms with Crippen LogP contribution in [0.25, 0.3) is 0 Å². The molecule has 3 aromatic carbocycles. The van der Waals surface area contributed by atoms with Crippen molar-refractivity contribution in [1.29, 1.82) is 0 Å². The highest BCUT2D eigenvalue weighted by Crippen LogP contribution is 2.30. The summed E-state index contributed by atoms with van der Waals surface area (Å²) in [6.07, 6.45) is 0. The Morgan fingerprint density at radius 1 is 1.00 bits per heavy atom. The highest BCUT2D eigenvalue weighted by molar-refractivity contribution is 7.98. The van der Waals surface area contributed by atoms with Gasteiger partial charge in [0.15, 0.2) is 0 Å². The van der Waals surface area contributed by atoms with Gasteiger partial charge in [-0.25, -0.2) is 0 Å². The summed E-state index contributed by atoms with van der Waals surface area (Å²) in [6, 6.07) is 20.6. The number of hydrogen-bond donors (Lipinski definition) is 1. The number of hydrogen-bond acceptors (Lipinski definition) is 3. The second kappa shape index (κ2) is 10.8. The smallest absolute Gasteiger partial charge is 0.251 e. The van der Waals surface area contributed by atoms with Crippen LogP contribution in [0.1, 0.15) is 41.4 Å². The molecule has 3 aromatic rings. The largest absolute Gasteiger partial charge is 0.494 e. The number of rotatable bonds is 8. The van der Waals surface area contributed by atoms with Crippen molar-refractivity contribution in [3.63, 3.8) is 0 Å². The SMILES string of the molecule is CCOc1ccc(C(=O)N[C@@H](C)c2ccc(Cl)cc2)cc1CSc1ccc(Cl)cc1. The molecule has 0 aliphatic carbocycles. The monoisotopic (exact) mass is 459 g/mol. The molecule has 0 radical (unpaired) electrons. The third-order valence-electron chi connectivity index (χ3n) is 4.55. The Morgan fingerprint density at radius 2 is 1.63 bits per heavy atom. The van der Waals surface area contributed by atoms with Gasteiger partial charge in [-0.3, -0.25) is 4.79 Å². The predicted molar refractivity (Wildman–Crippen MR) is 126 cm³/mol. The van der Waals surface area contributed by atoms with Gasteiger partial charge in [0.2, 0.25) is 0 Å². The molecule has 30 heavy (non-hydrogen) atoms. The van der Waals surface area contributed by atoms with E-state index in [0.717, 1.165) is 21.8 Å². The average molecular weight is 460 g/mol. The van der Waals surface area contributed by atoms with Crippen LogP contribution in [0.15, 0.2) is 71.6 Å². The van der Waals surface area contributed by atoms with E-state index in [2.05, 4.69) is 5.32 Å². The minimum absolute atomic E-state index is 0.127. The number of carbonyl (C=O) groups is 1. The normalized spacial score (nSPS) is 11.7. The summed E-state index contributed by atoms with van der Waals surface area (Å²) in [6.45, 7) is 4.47. The minimum Gasteiger partial charge on any atom is -0.494 e. The Morgan fingerprint density at radius 3 is 2.27 bits per heavy atom. The number of nitrogens with one attached hydrogen (secondary N) is 1. The number of halogens is 2. The van der Waals surface area contributed by atoms with Gasteiger partial charge in [0.05, 0.1) is 12.6 Å². The van der Waals surface area contributed by atoms with Crippen molar-refractivity contribution in [2.75, 3.05) is 6.61 Å². The predicted octanol–water partition coefficient (Wildman–Crippen LogP) is 7.18. The van der Waals surface area contributed by atoms with E-state index in [1.807, 2.05) is 74.5 Å². The van der Waals surface area contributed by atoms with Crippen molar-refractivity contribution in [1.82, 2.24) is 5.32 Å². The maximum atomic E-state index is 12.8. The quantitative estimate of drug-likeness (QED) is 0.362. The van der Waals surface area contributed by atoms with E-state index in [-0.39, 0.29) is 11.9 Å². The van der Waals surface area contributed by atoms with Gasteiger partial charge in [0.1, 0.15) is 5.75 Å². The molecule has 0 aliphatic rings. The maximum absolute atomic E-state index is 12.8. The van der Waals surface area contributed by atoms with E-state index in [9.17, 15) is 4.79 Å². The molecular formula is C24H23Cl2NO2S. The molecular weight excluding hydrogens is 437 g/mol. The first-order valence-electron chi connectivity index (χ1n) is 9.66. The number of thioether (sulfide) groups is 1. The summed E-state index contributed by atoms with van der Waals surface area (Å²) < 4.78 is 5.76. The van der Waals surface area contributed by atoms with Crippen molar-refractivity contribution < 1.29 is 9.53 Å². The fourth-order valence-electron chi connectivity index (χ4n) is 2.94. The molecule has 0 aromatic heterocycles. The van der Waals surface area contributed by atoms with Crippen molar-refractivity contribution in [2.45, 2.75) is 30.5 Å². The molecule has 1 N–H and O–H groups in total. The first-order valence-corrected chi connectivity index (χ1v) is 11.4. The Bertz CT molecular complexity index is 991. The van der Waals surface area contributed by atoms with E-state index in [4.69, 9.17) is 27.9 Å². The highest BCUT2D eigenvalue weighted by Gasteiger charge is 2.14. The molecule has 1 amide bonds. The van der Waals surface area contributed by atoms with Gasteiger partial charge in [0.25, 0.3) is 5.91 Å². The van der Waals surface area contributed by atoms with Crippen LogP contribution in [0.3, 0.4) is 0 Å². The number of ether oxygens (including phenoxy) is 1. The van der Waals surface area contributed by atoms with Crippen LogP contribution in [0, 0.1) is 0 Å². The highest BCUT2D eigenvalue weighted by atomic mass is 35.5. The maximum Gasteiger partial charge on any atom is 0.251 e. The zero-order valence-electron chi connectivity index (χ0n) is 16.8. The van der Waals surface area contributed by atoms with Gasteiger partial charge < -0.3 is 10.1 Å². The fourth-order valence-corrected chi connectivity index (χ4v) is 4.06. The summed E-state index contributed by atoms with van der Waals surface area (Å²) in [4.78, 5) is 13.9. The average Bonchev–Trinajstić information content (AvgIpc) is 2.74. The van der Waals surface area contributed by atoms with Crippen LogP contribution in [0.4, 0.5) is 0 Å². The van der Waals surface area contributed by atoms with Gasteiger partial charge >= 0.3 is 0 Å². The molecule has 0 saturated carbocycles. The summed E-state index contributed by atoms with van der Waals surface area (Å²) >= 11 is 13.6. The molecule has 3 rings (SSSR count). The standard InChI is InChI=1S/C24H23Cl2NO2S/c1-3-29-23-13-6-18(14-19(23)15-30-22-11-9-21(26)10-12-22)24(28)27-16(2)17-4-7-20(25)8-5-17/h4-14,16H,3,15H2,1-2H3,(H,27,28)/t16-/m0/s1. The van der Waals surface area contributed by atoms with Gasteiger partial charge in [-0.05, 0) is 74.0 Å².